The summed E-state index contributed by atoms with van der Waals surface area (Å²) in [5.41, 5.74) is -0.0117. The number of hydrogen-bond donors (Lipinski definition) is 2. The first-order chi connectivity index (χ1) is 9.15. The molecule has 3 nitrogen and oxygen atoms in total. The number of phenolic OH excluding ortho intramolecular Hbond substituents is 1. The van der Waals surface area contributed by atoms with Crippen LogP contribution in [0.25, 0.3) is 0 Å². The number of amides is 1. The Hall–Kier alpha value is -1.23. The molecule has 1 amide bonds. The van der Waals surface area contributed by atoms with E-state index < -0.39 is 11.7 Å². The molecule has 0 bridgehead atoms. The van der Waals surface area contributed by atoms with Crippen molar-refractivity contribution >= 4 is 17.7 Å². The zero-order valence-corrected chi connectivity index (χ0v) is 11.9. The molecule has 0 aliphatic heterocycles. The molecule has 0 fully saturated rings. The van der Waals surface area contributed by atoms with Gasteiger partial charge in [-0.2, -0.15) is 11.8 Å². The summed E-state index contributed by atoms with van der Waals surface area (Å²) >= 11 is 1.84. The number of carbonyl (C=O) groups is 1. The summed E-state index contributed by atoms with van der Waals surface area (Å²) in [6, 6.07) is 3.35. The molecule has 1 rings (SSSR count). The Bertz CT molecular complexity index is 412. The molecule has 0 aromatic heterocycles. The van der Waals surface area contributed by atoms with Gasteiger partial charge in [0.05, 0.1) is 5.56 Å². The van der Waals surface area contributed by atoms with E-state index in [4.69, 9.17) is 0 Å². The van der Waals surface area contributed by atoms with Crippen molar-refractivity contribution in [2.45, 2.75) is 25.7 Å². The molecular formula is C14H20FNO2S. The number of carbonyl (C=O) groups excluding carboxylic acids is 1. The second-order valence-corrected chi connectivity index (χ2v) is 5.31. The van der Waals surface area contributed by atoms with Crippen molar-refractivity contribution in [2.24, 2.45) is 0 Å². The predicted molar refractivity (Wildman–Crippen MR) is 77.2 cm³/mol. The average Bonchev–Trinajstić information content (AvgIpc) is 2.40. The van der Waals surface area contributed by atoms with Gasteiger partial charge in [0.2, 0.25) is 0 Å². The molecule has 0 unspecified atom stereocenters. The van der Waals surface area contributed by atoms with Crippen molar-refractivity contribution < 1.29 is 14.3 Å². The van der Waals surface area contributed by atoms with Crippen LogP contribution in [0.2, 0.25) is 0 Å². The molecule has 106 valence electrons. The lowest BCUT2D eigenvalue weighted by Gasteiger charge is -2.07. The second-order valence-electron chi connectivity index (χ2n) is 4.32. The molecule has 0 aliphatic carbocycles. The van der Waals surface area contributed by atoms with Gasteiger partial charge in [-0.05, 0) is 43.0 Å². The first-order valence-electron chi connectivity index (χ1n) is 6.41. The van der Waals surface area contributed by atoms with Crippen molar-refractivity contribution in [3.05, 3.63) is 29.6 Å². The number of hydrogen-bond acceptors (Lipinski definition) is 3. The summed E-state index contributed by atoms with van der Waals surface area (Å²) in [5.74, 6) is 0.0174. The van der Waals surface area contributed by atoms with Crippen molar-refractivity contribution in [2.75, 3.05) is 18.6 Å². The molecule has 0 atom stereocenters. The maximum atomic E-state index is 13.0. The number of benzene rings is 1. The summed E-state index contributed by atoms with van der Waals surface area (Å²) in [4.78, 5) is 11.7. The highest BCUT2D eigenvalue weighted by Gasteiger charge is 2.11. The Morgan fingerprint density at radius 2 is 2.05 bits per heavy atom. The molecule has 2 N–H and O–H groups in total. The molecule has 0 saturated carbocycles. The molecule has 0 heterocycles. The highest BCUT2D eigenvalue weighted by Crippen LogP contribution is 2.17. The number of nitrogens with one attached hydrogen (secondary N) is 1. The van der Waals surface area contributed by atoms with Crippen LogP contribution in [0.4, 0.5) is 4.39 Å². The van der Waals surface area contributed by atoms with Crippen molar-refractivity contribution in [3.8, 4) is 5.75 Å². The molecular weight excluding hydrogens is 265 g/mol. The Kier molecular flexibility index (Phi) is 7.33. The van der Waals surface area contributed by atoms with Gasteiger partial charge in [0.25, 0.3) is 5.91 Å². The van der Waals surface area contributed by atoms with Crippen LogP contribution in [0.15, 0.2) is 18.2 Å². The van der Waals surface area contributed by atoms with E-state index in [1.807, 2.05) is 11.8 Å². The normalized spacial score (nSPS) is 10.4. The van der Waals surface area contributed by atoms with E-state index >= 15 is 0 Å². The molecule has 0 radical (unpaired) electrons. The number of rotatable bonds is 8. The predicted octanol–water partition coefficient (Wildman–Crippen LogP) is 3.18. The first-order valence-corrected chi connectivity index (χ1v) is 7.80. The van der Waals surface area contributed by atoms with Gasteiger partial charge in [-0.1, -0.05) is 12.8 Å². The third kappa shape index (κ3) is 5.96. The van der Waals surface area contributed by atoms with Crippen LogP contribution in [0.1, 0.15) is 36.0 Å². The van der Waals surface area contributed by atoms with Crippen LogP contribution in [0.5, 0.6) is 5.75 Å². The fraction of sp³-hybridized carbons (Fsp3) is 0.500. The minimum absolute atomic E-state index is 0.0117. The van der Waals surface area contributed by atoms with Crippen LogP contribution in [-0.2, 0) is 0 Å². The fourth-order valence-electron chi connectivity index (χ4n) is 1.71. The monoisotopic (exact) mass is 285 g/mol. The van der Waals surface area contributed by atoms with Crippen molar-refractivity contribution in [3.63, 3.8) is 0 Å². The number of thioether (sulfide) groups is 1. The molecule has 5 heteroatoms. The van der Waals surface area contributed by atoms with Crippen LogP contribution >= 0.6 is 11.8 Å². The first kappa shape index (κ1) is 15.8. The third-order valence-corrected chi connectivity index (χ3v) is 3.46. The SMILES string of the molecule is CSCCCCCCNC(=O)c1cc(F)ccc1O. The zero-order valence-electron chi connectivity index (χ0n) is 11.1. The summed E-state index contributed by atoms with van der Waals surface area (Å²) < 4.78 is 13.0. The van der Waals surface area contributed by atoms with Gasteiger partial charge in [0, 0.05) is 6.54 Å². The Balaban J connectivity index is 2.26. The second kappa shape index (κ2) is 8.80. The summed E-state index contributed by atoms with van der Waals surface area (Å²) in [7, 11) is 0. The lowest BCUT2D eigenvalue weighted by molar-refractivity contribution is 0.0950. The topological polar surface area (TPSA) is 49.3 Å². The van der Waals surface area contributed by atoms with E-state index in [1.54, 1.807) is 0 Å². The molecule has 0 spiro atoms. The van der Waals surface area contributed by atoms with Gasteiger partial charge in [0.15, 0.2) is 0 Å². The molecule has 0 saturated heterocycles. The average molecular weight is 285 g/mol. The molecule has 19 heavy (non-hydrogen) atoms. The Labute approximate surface area is 117 Å². The van der Waals surface area contributed by atoms with Crippen LogP contribution in [0.3, 0.4) is 0 Å². The van der Waals surface area contributed by atoms with E-state index in [-0.39, 0.29) is 11.3 Å². The summed E-state index contributed by atoms with van der Waals surface area (Å²) in [6.07, 6.45) is 6.40. The van der Waals surface area contributed by atoms with E-state index in [0.717, 1.165) is 31.4 Å². The minimum atomic E-state index is -0.528. The van der Waals surface area contributed by atoms with Gasteiger partial charge in [-0.3, -0.25) is 4.79 Å². The highest BCUT2D eigenvalue weighted by molar-refractivity contribution is 7.98. The van der Waals surface area contributed by atoms with Crippen molar-refractivity contribution in [1.82, 2.24) is 5.32 Å². The zero-order chi connectivity index (χ0) is 14.1. The number of phenols is 1. The standard InChI is InChI=1S/C14H20FNO2S/c1-19-9-5-3-2-4-8-16-14(18)12-10-11(15)6-7-13(12)17/h6-7,10,17H,2-5,8-9H2,1H3,(H,16,18). The smallest absolute Gasteiger partial charge is 0.255 e. The van der Waals surface area contributed by atoms with E-state index in [9.17, 15) is 14.3 Å². The van der Waals surface area contributed by atoms with E-state index in [0.29, 0.717) is 6.54 Å². The van der Waals surface area contributed by atoms with Gasteiger partial charge < -0.3 is 10.4 Å². The molecule has 1 aromatic rings. The largest absolute Gasteiger partial charge is 0.507 e. The fourth-order valence-corrected chi connectivity index (χ4v) is 2.21. The van der Waals surface area contributed by atoms with Crippen LogP contribution in [0, 0.1) is 5.82 Å². The lowest BCUT2D eigenvalue weighted by Crippen LogP contribution is -2.24. The maximum absolute atomic E-state index is 13.0. The third-order valence-electron chi connectivity index (χ3n) is 2.76. The van der Waals surface area contributed by atoms with Crippen molar-refractivity contribution in [1.29, 1.82) is 0 Å². The van der Waals surface area contributed by atoms with Gasteiger partial charge in [-0.25, -0.2) is 4.39 Å². The van der Waals surface area contributed by atoms with Gasteiger partial charge >= 0.3 is 0 Å². The number of unbranched alkanes of at least 4 members (excludes halogenated alkanes) is 3. The Morgan fingerprint density at radius 1 is 1.32 bits per heavy atom. The summed E-state index contributed by atoms with van der Waals surface area (Å²) in [5, 5.41) is 12.2. The van der Waals surface area contributed by atoms with E-state index in [2.05, 4.69) is 11.6 Å². The van der Waals surface area contributed by atoms with Crippen LogP contribution < -0.4 is 5.32 Å². The van der Waals surface area contributed by atoms with Crippen LogP contribution in [-0.4, -0.2) is 29.6 Å². The maximum Gasteiger partial charge on any atom is 0.255 e. The van der Waals surface area contributed by atoms with Gasteiger partial charge in [0.1, 0.15) is 11.6 Å². The minimum Gasteiger partial charge on any atom is -0.507 e. The Morgan fingerprint density at radius 3 is 2.79 bits per heavy atom. The lowest BCUT2D eigenvalue weighted by atomic mass is 10.1. The van der Waals surface area contributed by atoms with E-state index in [1.165, 1.54) is 18.2 Å². The highest BCUT2D eigenvalue weighted by atomic mass is 32.2. The molecule has 1 aromatic carbocycles. The van der Waals surface area contributed by atoms with Gasteiger partial charge in [-0.15, -0.1) is 0 Å². The quantitative estimate of drug-likeness (QED) is 0.721. The summed E-state index contributed by atoms with van der Waals surface area (Å²) in [6.45, 7) is 0.550. The molecule has 0 aliphatic rings. The number of halogens is 1. The number of aromatic hydroxyl groups is 1.